The lowest BCUT2D eigenvalue weighted by molar-refractivity contribution is 0.0172. The summed E-state index contributed by atoms with van der Waals surface area (Å²) in [6.07, 6.45) is 8.83. The zero-order valence-corrected chi connectivity index (χ0v) is 24.9. The number of hydrogen-bond donors (Lipinski definition) is 1. The predicted octanol–water partition coefficient (Wildman–Crippen LogP) is 7.67. The average molecular weight is 560 g/mol. The van der Waals surface area contributed by atoms with Gasteiger partial charge in [0.15, 0.2) is 0 Å². The fourth-order valence-corrected chi connectivity index (χ4v) is 8.84. The van der Waals surface area contributed by atoms with Gasteiger partial charge in [-0.05, 0) is 97.9 Å². The molecule has 1 aromatic heterocycles. The highest BCUT2D eigenvalue weighted by molar-refractivity contribution is 7.92. The van der Waals surface area contributed by atoms with Gasteiger partial charge in [-0.2, -0.15) is 4.98 Å². The Balaban J connectivity index is 1.45. The Bertz CT molecular complexity index is 1480. The number of hydrogen-bond acceptors (Lipinski definition) is 5. The van der Waals surface area contributed by atoms with Crippen LogP contribution in [0, 0.1) is 37.0 Å². The number of anilines is 1. The van der Waals surface area contributed by atoms with E-state index in [-0.39, 0.29) is 22.7 Å². The molecule has 6 nitrogen and oxygen atoms in total. The Morgan fingerprint density at radius 3 is 2.40 bits per heavy atom. The van der Waals surface area contributed by atoms with E-state index in [1.807, 2.05) is 50.2 Å². The number of nitrogens with one attached hydrogen (secondary N) is 1. The van der Waals surface area contributed by atoms with Gasteiger partial charge in [-0.1, -0.05) is 57.0 Å². The zero-order valence-electron chi connectivity index (χ0n) is 24.1. The van der Waals surface area contributed by atoms with Crippen LogP contribution in [0.25, 0.3) is 11.3 Å². The van der Waals surface area contributed by atoms with E-state index in [0.29, 0.717) is 35.4 Å². The molecule has 1 N–H and O–H groups in total. The smallest absolute Gasteiger partial charge is 0.264 e. The molecule has 2 heterocycles. The maximum Gasteiger partial charge on any atom is 0.264 e. The molecule has 2 saturated carbocycles. The fourth-order valence-electron chi connectivity index (χ4n) is 7.84. The summed E-state index contributed by atoms with van der Waals surface area (Å²) < 4.78 is 36.5. The molecule has 7 heteroatoms. The molecule has 0 radical (unpaired) electrons. The molecule has 0 amide bonds. The third-order valence-electron chi connectivity index (χ3n) is 9.51. The Kier molecular flexibility index (Phi) is 7.14. The van der Waals surface area contributed by atoms with Crippen LogP contribution in [0.1, 0.15) is 81.4 Å². The first-order chi connectivity index (χ1) is 19.1. The maximum atomic E-state index is 13.7. The molecule has 40 heavy (non-hydrogen) atoms. The molecule has 1 aliphatic heterocycles. The second-order valence-electron chi connectivity index (χ2n) is 13.0. The molecule has 6 rings (SSSR count). The molecule has 4 bridgehead atoms. The van der Waals surface area contributed by atoms with Crippen LogP contribution >= 0.6 is 0 Å². The van der Waals surface area contributed by atoms with E-state index in [1.165, 1.54) is 38.5 Å². The van der Waals surface area contributed by atoms with E-state index in [1.54, 1.807) is 6.07 Å². The molecule has 1 unspecified atom stereocenters. The summed E-state index contributed by atoms with van der Waals surface area (Å²) in [7, 11) is -3.90. The van der Waals surface area contributed by atoms with E-state index < -0.39 is 10.0 Å². The fraction of sp³-hybridized carbons (Fsp3) is 0.515. The highest BCUT2D eigenvalue weighted by Crippen LogP contribution is 2.61. The largest absolute Gasteiger partial charge is 0.477 e. The zero-order chi connectivity index (χ0) is 28.1. The van der Waals surface area contributed by atoms with E-state index in [2.05, 4.69) is 34.6 Å². The van der Waals surface area contributed by atoms with Crippen molar-refractivity contribution >= 4 is 16.0 Å². The van der Waals surface area contributed by atoms with Crippen LogP contribution < -0.4 is 9.46 Å². The Morgan fingerprint density at radius 2 is 1.70 bits per heavy atom. The van der Waals surface area contributed by atoms with Gasteiger partial charge in [0.1, 0.15) is 0 Å². The topological polar surface area (TPSA) is 81.2 Å². The molecule has 3 aliphatic rings. The second kappa shape index (κ2) is 10.5. The lowest BCUT2D eigenvalue weighted by Crippen LogP contribution is -2.41. The number of benzene rings is 2. The van der Waals surface area contributed by atoms with Crippen molar-refractivity contribution in [2.75, 3.05) is 11.3 Å². The van der Waals surface area contributed by atoms with Gasteiger partial charge in [0, 0.05) is 17.5 Å². The minimum atomic E-state index is -3.90. The molecular weight excluding hydrogens is 518 g/mol. The van der Waals surface area contributed by atoms with Gasteiger partial charge in [-0.25, -0.2) is 18.1 Å². The van der Waals surface area contributed by atoms with Crippen molar-refractivity contribution < 1.29 is 13.2 Å². The van der Waals surface area contributed by atoms with Crippen molar-refractivity contribution in [2.45, 2.75) is 83.5 Å². The Hall–Kier alpha value is -2.93. The quantitative estimate of drug-likeness (QED) is 0.355. The summed E-state index contributed by atoms with van der Waals surface area (Å²) >= 11 is 0. The summed E-state index contributed by atoms with van der Waals surface area (Å²) in [5, 5.41) is 0. The predicted molar refractivity (Wildman–Crippen MR) is 159 cm³/mol. The summed E-state index contributed by atoms with van der Waals surface area (Å²) in [5.74, 6) is 1.94. The van der Waals surface area contributed by atoms with Crippen LogP contribution in [0.2, 0.25) is 0 Å². The van der Waals surface area contributed by atoms with Gasteiger partial charge in [0.2, 0.25) is 11.8 Å². The van der Waals surface area contributed by atoms with Crippen LogP contribution in [-0.4, -0.2) is 25.0 Å². The van der Waals surface area contributed by atoms with Gasteiger partial charge in [-0.15, -0.1) is 0 Å². The van der Waals surface area contributed by atoms with Gasteiger partial charge >= 0.3 is 0 Å². The third kappa shape index (κ3) is 5.25. The number of fused-ring (bicyclic) bond motifs is 4. The van der Waals surface area contributed by atoms with Crippen molar-refractivity contribution in [3.63, 3.8) is 0 Å². The van der Waals surface area contributed by atoms with Crippen LogP contribution in [0.15, 0.2) is 53.4 Å². The molecule has 0 saturated heterocycles. The minimum absolute atomic E-state index is 0.0280. The number of nitrogens with zero attached hydrogens (tertiary/aromatic N) is 2. The number of sulfonamides is 1. The number of aryl methyl sites for hydroxylation is 2. The lowest BCUT2D eigenvalue weighted by atomic mass is 9.54. The molecule has 1 spiro atoms. The summed E-state index contributed by atoms with van der Waals surface area (Å²) in [4.78, 5) is 9.45. The first-order valence-corrected chi connectivity index (χ1v) is 16.3. The SMILES string of the molecule is Cc1cccc(C)c1-c1cc2nc(n1)NS(=O)(=O)c1cccc(c1)C(C1CC3(CCCC3)C1)[C@H](CC(C)C)CO2. The van der Waals surface area contributed by atoms with Gasteiger partial charge < -0.3 is 4.74 Å². The molecule has 2 aromatic carbocycles. The first-order valence-electron chi connectivity index (χ1n) is 14.8. The van der Waals surface area contributed by atoms with Crippen molar-refractivity contribution in [3.8, 4) is 17.1 Å². The number of aromatic nitrogens is 2. The highest BCUT2D eigenvalue weighted by atomic mass is 32.2. The summed E-state index contributed by atoms with van der Waals surface area (Å²) in [6, 6.07) is 15.5. The van der Waals surface area contributed by atoms with Gasteiger partial charge in [-0.3, -0.25) is 0 Å². The maximum absolute atomic E-state index is 13.7. The third-order valence-corrected chi connectivity index (χ3v) is 10.8. The minimum Gasteiger partial charge on any atom is -0.477 e. The number of ether oxygens (including phenoxy) is 1. The van der Waals surface area contributed by atoms with Gasteiger partial charge in [0.25, 0.3) is 10.0 Å². The normalized spacial score (nSPS) is 23.5. The van der Waals surface area contributed by atoms with Crippen LogP contribution in [0.3, 0.4) is 0 Å². The van der Waals surface area contributed by atoms with E-state index in [4.69, 9.17) is 4.74 Å². The van der Waals surface area contributed by atoms with E-state index >= 15 is 0 Å². The summed E-state index contributed by atoms with van der Waals surface area (Å²) in [5.41, 5.74) is 5.37. The average Bonchev–Trinajstić information content (AvgIpc) is 3.37. The van der Waals surface area contributed by atoms with Crippen LogP contribution in [0.4, 0.5) is 5.95 Å². The molecule has 212 valence electrons. The van der Waals surface area contributed by atoms with Crippen LogP contribution in [-0.2, 0) is 10.0 Å². The van der Waals surface area contributed by atoms with Crippen molar-refractivity contribution in [3.05, 3.63) is 65.2 Å². The second-order valence-corrected chi connectivity index (χ2v) is 14.6. The van der Waals surface area contributed by atoms with Crippen molar-refractivity contribution in [2.24, 2.45) is 23.2 Å². The van der Waals surface area contributed by atoms with Crippen LogP contribution in [0.5, 0.6) is 5.88 Å². The van der Waals surface area contributed by atoms with Crippen molar-refractivity contribution in [1.82, 2.24) is 9.97 Å². The van der Waals surface area contributed by atoms with Gasteiger partial charge in [0.05, 0.1) is 17.2 Å². The van der Waals surface area contributed by atoms with Crippen molar-refractivity contribution in [1.29, 1.82) is 0 Å². The first kappa shape index (κ1) is 27.3. The number of rotatable bonds is 4. The standard InChI is InChI=1S/C33H41N3O3S/c1-21(2)15-25-20-39-29-17-28(30-22(3)9-7-10-23(30)4)34-32(35-29)36-40(37,38)27-12-8-11-24(16-27)31(25)26-18-33(19-26)13-5-6-14-33/h7-12,16-17,21,25-26,31H,5-6,13-15,18-20H2,1-4H3,(H,34,35,36)/t25-,31?/m1/s1. The molecule has 2 fully saturated rings. The summed E-state index contributed by atoms with van der Waals surface area (Å²) in [6.45, 7) is 9.14. The molecule has 2 atom stereocenters. The lowest BCUT2D eigenvalue weighted by Gasteiger charge is -2.51. The molecule has 3 aromatic rings. The molecular formula is C33H41N3O3S. The monoisotopic (exact) mass is 559 g/mol. The highest BCUT2D eigenvalue weighted by Gasteiger charge is 2.50. The van der Waals surface area contributed by atoms with E-state index in [9.17, 15) is 8.42 Å². The Morgan fingerprint density at radius 1 is 1.00 bits per heavy atom. The Labute approximate surface area is 239 Å². The molecule has 2 aliphatic carbocycles. The van der Waals surface area contributed by atoms with E-state index in [0.717, 1.165) is 28.7 Å².